The Balaban J connectivity index is 2.19. The van der Waals surface area contributed by atoms with Crippen molar-refractivity contribution in [2.75, 3.05) is 19.1 Å². The van der Waals surface area contributed by atoms with Crippen molar-refractivity contribution in [2.45, 2.75) is 19.4 Å². The predicted octanol–water partition coefficient (Wildman–Crippen LogP) is 2.75. The van der Waals surface area contributed by atoms with E-state index in [9.17, 15) is 0 Å². The second kappa shape index (κ2) is 5.95. The summed E-state index contributed by atoms with van der Waals surface area (Å²) in [4.78, 5) is 0. The molecule has 1 aromatic rings. The van der Waals surface area contributed by atoms with E-state index in [0.717, 1.165) is 24.3 Å². The van der Waals surface area contributed by atoms with E-state index < -0.39 is 0 Å². The summed E-state index contributed by atoms with van der Waals surface area (Å²) in [5, 5.41) is 0. The van der Waals surface area contributed by atoms with Crippen LogP contribution in [0.1, 0.15) is 17.5 Å². The minimum absolute atomic E-state index is 0.147. The summed E-state index contributed by atoms with van der Waals surface area (Å²) in [6.45, 7) is 3.48. The van der Waals surface area contributed by atoms with E-state index in [4.69, 9.17) is 21.1 Å². The van der Waals surface area contributed by atoms with E-state index in [2.05, 4.69) is 11.8 Å². The van der Waals surface area contributed by atoms with E-state index in [1.807, 2.05) is 25.1 Å². The maximum Gasteiger partial charge on any atom is 0.135 e. The van der Waals surface area contributed by atoms with Gasteiger partial charge in [0.1, 0.15) is 11.9 Å². The zero-order valence-corrected chi connectivity index (χ0v) is 10.6. The monoisotopic (exact) mass is 250 g/mol. The summed E-state index contributed by atoms with van der Waals surface area (Å²) in [7, 11) is 0. The van der Waals surface area contributed by atoms with E-state index in [1.54, 1.807) is 0 Å². The highest BCUT2D eigenvalue weighted by Crippen LogP contribution is 2.22. The molecule has 0 spiro atoms. The Labute approximate surface area is 107 Å². The van der Waals surface area contributed by atoms with Crippen LogP contribution in [0.15, 0.2) is 18.2 Å². The Morgan fingerprint density at radius 1 is 1.53 bits per heavy atom. The molecule has 0 aliphatic carbocycles. The van der Waals surface area contributed by atoms with Gasteiger partial charge >= 0.3 is 0 Å². The van der Waals surface area contributed by atoms with Crippen molar-refractivity contribution in [1.82, 2.24) is 0 Å². The minimum atomic E-state index is 0.147. The van der Waals surface area contributed by atoms with Crippen molar-refractivity contribution in [3.8, 4) is 17.6 Å². The van der Waals surface area contributed by atoms with Crippen molar-refractivity contribution >= 4 is 11.6 Å². The summed E-state index contributed by atoms with van der Waals surface area (Å²) < 4.78 is 11.2. The Hall–Kier alpha value is -1.17. The number of benzene rings is 1. The number of ether oxygens (including phenoxy) is 2. The molecule has 1 saturated heterocycles. The van der Waals surface area contributed by atoms with Gasteiger partial charge in [0.05, 0.1) is 24.7 Å². The molecule has 1 heterocycles. The molecule has 0 aromatic heterocycles. The molecule has 17 heavy (non-hydrogen) atoms. The first kappa shape index (κ1) is 12.3. The van der Waals surface area contributed by atoms with Crippen LogP contribution in [0.4, 0.5) is 0 Å². The van der Waals surface area contributed by atoms with Crippen LogP contribution in [0.2, 0.25) is 0 Å². The lowest BCUT2D eigenvalue weighted by Gasteiger charge is -2.13. The SMILES string of the molecule is Cc1ccc(OC2CCOC2)c(C#CCCl)c1. The molecule has 2 nitrogen and oxygen atoms in total. The second-order valence-corrected chi connectivity index (χ2v) is 4.31. The molecule has 90 valence electrons. The standard InChI is InChI=1S/C14H15ClO2/c1-11-4-5-14(12(9-11)3-2-7-15)17-13-6-8-16-10-13/h4-5,9,13H,6-8,10H2,1H3. The van der Waals surface area contributed by atoms with Gasteiger partial charge in [-0.2, -0.15) is 0 Å². The molecule has 0 radical (unpaired) electrons. The maximum absolute atomic E-state index is 5.89. The fourth-order valence-electron chi connectivity index (χ4n) is 1.76. The normalized spacial score (nSPS) is 18.6. The third-order valence-corrected chi connectivity index (χ3v) is 2.74. The molecule has 1 aromatic carbocycles. The molecule has 1 fully saturated rings. The van der Waals surface area contributed by atoms with Crippen LogP contribution in [0.5, 0.6) is 5.75 Å². The van der Waals surface area contributed by atoms with Gasteiger partial charge < -0.3 is 9.47 Å². The summed E-state index contributed by atoms with van der Waals surface area (Å²) in [5.41, 5.74) is 2.07. The van der Waals surface area contributed by atoms with Gasteiger partial charge in [-0.1, -0.05) is 17.9 Å². The Bertz CT molecular complexity index is 439. The van der Waals surface area contributed by atoms with Gasteiger partial charge in [-0.05, 0) is 24.6 Å². The number of hydrogen-bond donors (Lipinski definition) is 0. The molecule has 0 amide bonds. The average molecular weight is 251 g/mol. The summed E-state index contributed by atoms with van der Waals surface area (Å²) >= 11 is 5.58. The van der Waals surface area contributed by atoms with Crippen LogP contribution in [0, 0.1) is 18.8 Å². The molecule has 2 rings (SSSR count). The number of alkyl halides is 1. The van der Waals surface area contributed by atoms with Crippen molar-refractivity contribution in [2.24, 2.45) is 0 Å². The van der Waals surface area contributed by atoms with E-state index in [0.29, 0.717) is 12.5 Å². The van der Waals surface area contributed by atoms with Crippen molar-refractivity contribution in [3.63, 3.8) is 0 Å². The molecular formula is C14H15ClO2. The van der Waals surface area contributed by atoms with Crippen molar-refractivity contribution < 1.29 is 9.47 Å². The molecule has 0 saturated carbocycles. The number of halogens is 1. The van der Waals surface area contributed by atoms with Gasteiger partial charge in [-0.25, -0.2) is 0 Å². The van der Waals surface area contributed by atoms with Crippen LogP contribution in [0.25, 0.3) is 0 Å². The number of aryl methyl sites for hydroxylation is 1. The molecule has 1 aliphatic heterocycles. The van der Waals surface area contributed by atoms with Crippen molar-refractivity contribution in [1.29, 1.82) is 0 Å². The smallest absolute Gasteiger partial charge is 0.135 e. The first-order chi connectivity index (χ1) is 8.29. The lowest BCUT2D eigenvalue weighted by Crippen LogP contribution is -2.16. The first-order valence-electron chi connectivity index (χ1n) is 5.69. The molecule has 3 heteroatoms. The number of hydrogen-bond acceptors (Lipinski definition) is 2. The topological polar surface area (TPSA) is 18.5 Å². The molecule has 1 unspecified atom stereocenters. The first-order valence-corrected chi connectivity index (χ1v) is 6.23. The van der Waals surface area contributed by atoms with Gasteiger partial charge in [0.25, 0.3) is 0 Å². The highest BCUT2D eigenvalue weighted by atomic mass is 35.5. The van der Waals surface area contributed by atoms with Crippen LogP contribution in [-0.2, 0) is 4.74 Å². The van der Waals surface area contributed by atoms with E-state index in [-0.39, 0.29) is 6.10 Å². The van der Waals surface area contributed by atoms with Crippen LogP contribution >= 0.6 is 11.6 Å². The minimum Gasteiger partial charge on any atom is -0.487 e. The van der Waals surface area contributed by atoms with Gasteiger partial charge in [-0.3, -0.25) is 0 Å². The van der Waals surface area contributed by atoms with Crippen LogP contribution in [0.3, 0.4) is 0 Å². The highest BCUT2D eigenvalue weighted by Gasteiger charge is 2.18. The highest BCUT2D eigenvalue weighted by molar-refractivity contribution is 6.19. The fraction of sp³-hybridized carbons (Fsp3) is 0.429. The largest absolute Gasteiger partial charge is 0.487 e. The second-order valence-electron chi connectivity index (χ2n) is 4.04. The number of rotatable bonds is 2. The van der Waals surface area contributed by atoms with Crippen LogP contribution < -0.4 is 4.74 Å². The van der Waals surface area contributed by atoms with Gasteiger partial charge in [-0.15, -0.1) is 11.6 Å². The lowest BCUT2D eigenvalue weighted by atomic mass is 10.1. The maximum atomic E-state index is 5.89. The zero-order chi connectivity index (χ0) is 12.1. The third kappa shape index (κ3) is 3.39. The summed E-state index contributed by atoms with van der Waals surface area (Å²) in [5.74, 6) is 7.05. The zero-order valence-electron chi connectivity index (χ0n) is 9.83. The van der Waals surface area contributed by atoms with E-state index >= 15 is 0 Å². The Morgan fingerprint density at radius 2 is 2.41 bits per heavy atom. The molecular weight excluding hydrogens is 236 g/mol. The third-order valence-electron chi connectivity index (χ3n) is 2.61. The molecule has 0 bridgehead atoms. The quantitative estimate of drug-likeness (QED) is 0.594. The van der Waals surface area contributed by atoms with Crippen molar-refractivity contribution in [3.05, 3.63) is 29.3 Å². The van der Waals surface area contributed by atoms with Gasteiger partial charge in [0.15, 0.2) is 0 Å². The average Bonchev–Trinajstić information content (AvgIpc) is 2.82. The lowest BCUT2D eigenvalue weighted by molar-refractivity contribution is 0.141. The molecule has 1 aliphatic rings. The summed E-state index contributed by atoms with van der Waals surface area (Å²) in [6, 6.07) is 6.01. The fourth-order valence-corrected chi connectivity index (χ4v) is 1.83. The van der Waals surface area contributed by atoms with Gasteiger partial charge in [0.2, 0.25) is 0 Å². The van der Waals surface area contributed by atoms with Crippen LogP contribution in [-0.4, -0.2) is 25.2 Å². The Kier molecular flexibility index (Phi) is 4.30. The summed E-state index contributed by atoms with van der Waals surface area (Å²) in [6.07, 6.45) is 1.09. The molecule has 1 atom stereocenters. The van der Waals surface area contributed by atoms with Gasteiger partial charge in [0, 0.05) is 6.42 Å². The Morgan fingerprint density at radius 3 is 3.12 bits per heavy atom. The predicted molar refractivity (Wildman–Crippen MR) is 68.6 cm³/mol. The molecule has 0 N–H and O–H groups in total. The van der Waals surface area contributed by atoms with E-state index in [1.165, 1.54) is 5.56 Å².